The van der Waals surface area contributed by atoms with Crippen molar-refractivity contribution in [2.45, 2.75) is 25.4 Å². The first-order valence-corrected chi connectivity index (χ1v) is 9.89. The van der Waals surface area contributed by atoms with Crippen molar-refractivity contribution in [2.24, 2.45) is 0 Å². The van der Waals surface area contributed by atoms with E-state index in [4.69, 9.17) is 5.73 Å². The minimum absolute atomic E-state index is 0. The van der Waals surface area contributed by atoms with Crippen LogP contribution in [0.4, 0.5) is 11.4 Å². The van der Waals surface area contributed by atoms with Crippen LogP contribution in [0.3, 0.4) is 0 Å². The molecule has 1 aromatic heterocycles. The number of nitrogens with zero attached hydrogens (tertiary/aromatic N) is 4. The number of aromatic nitrogens is 1. The third kappa shape index (κ3) is 6.61. The van der Waals surface area contributed by atoms with E-state index in [1.165, 1.54) is 22.5 Å². The summed E-state index contributed by atoms with van der Waals surface area (Å²) in [6.45, 7) is 5.08. The van der Waals surface area contributed by atoms with E-state index in [-0.39, 0.29) is 20.1 Å². The zero-order valence-electron chi connectivity index (χ0n) is 17.2. The summed E-state index contributed by atoms with van der Waals surface area (Å²) in [6, 6.07) is 10.1. The fourth-order valence-electron chi connectivity index (χ4n) is 3.69. The summed E-state index contributed by atoms with van der Waals surface area (Å²) < 4.78 is 0. The molecule has 0 bridgehead atoms. The van der Waals surface area contributed by atoms with Crippen LogP contribution in [-0.4, -0.2) is 62.5 Å². The van der Waals surface area contributed by atoms with Gasteiger partial charge in [-0.15, -0.1) is 0 Å². The van der Waals surface area contributed by atoms with Crippen LogP contribution in [0.1, 0.15) is 17.5 Å². The van der Waals surface area contributed by atoms with Crippen molar-refractivity contribution in [1.29, 1.82) is 0 Å². The number of nitrogens with one attached hydrogen (secondary N) is 1. The van der Waals surface area contributed by atoms with Crippen LogP contribution in [-0.2, 0) is 37.9 Å². The van der Waals surface area contributed by atoms with Gasteiger partial charge in [-0.05, 0) is 35.7 Å². The Balaban J connectivity index is 0.00000300. The zero-order valence-corrected chi connectivity index (χ0v) is 19.6. The van der Waals surface area contributed by atoms with Crippen molar-refractivity contribution in [3.63, 3.8) is 0 Å². The smallest absolute Gasteiger partial charge is 0.102 e. The van der Waals surface area contributed by atoms with E-state index < -0.39 is 6.04 Å². The van der Waals surface area contributed by atoms with E-state index in [1.54, 1.807) is 0 Å². The van der Waals surface area contributed by atoms with Gasteiger partial charge in [0.1, 0.15) is 6.29 Å². The van der Waals surface area contributed by atoms with Crippen molar-refractivity contribution in [1.82, 2.24) is 9.88 Å². The number of piperazine rings is 1. The first-order valence-electron chi connectivity index (χ1n) is 9.89. The van der Waals surface area contributed by atoms with Gasteiger partial charge in [0, 0.05) is 90.7 Å². The fraction of sp³-hybridized carbons (Fsp3) is 0.455. The van der Waals surface area contributed by atoms with Gasteiger partial charge >= 0.3 is 0 Å². The first kappa shape index (κ1) is 23.5. The Hall–Kier alpha value is -1.79. The molecule has 3 rings (SSSR count). The molecule has 7 heteroatoms. The molecule has 0 saturated carbocycles. The topological polar surface area (TPSA) is 63.5 Å². The summed E-state index contributed by atoms with van der Waals surface area (Å²) in [5, 5.41) is 0. The number of hydrogen-bond acceptors (Lipinski definition) is 5. The molecule has 0 aliphatic carbocycles. The Morgan fingerprint density at radius 3 is 2.45 bits per heavy atom. The van der Waals surface area contributed by atoms with Crippen molar-refractivity contribution in [2.75, 3.05) is 50.1 Å². The molecule has 1 aliphatic heterocycles. The van der Waals surface area contributed by atoms with Gasteiger partial charge in [0.15, 0.2) is 0 Å². The van der Waals surface area contributed by atoms with Crippen LogP contribution in [0.5, 0.6) is 0 Å². The quantitative estimate of drug-likeness (QED) is 0.456. The van der Waals surface area contributed by atoms with Crippen molar-refractivity contribution in [3.05, 3.63) is 59.6 Å². The third-order valence-electron chi connectivity index (χ3n) is 5.33. The summed E-state index contributed by atoms with van der Waals surface area (Å²) in [5.41, 5.74) is 12.6. The molecule has 1 atom stereocenters. The number of carbonyl (C=O) groups is 1. The van der Waals surface area contributed by atoms with Gasteiger partial charge < -0.3 is 20.3 Å². The SMILES string of the molecule is CN(C)c1cc(CN2CCN(c3ccncc3)CC2)ccc1CCC([NH-])C=O.[Ir]. The average Bonchev–Trinajstić information content (AvgIpc) is 2.73. The molecule has 1 saturated heterocycles. The molecular formula is C22H30IrN5O-. The number of aryl methyl sites for hydroxylation is 1. The number of carbonyl (C=O) groups excluding carboxylic acids is 1. The van der Waals surface area contributed by atoms with Crippen LogP contribution >= 0.6 is 0 Å². The van der Waals surface area contributed by atoms with Gasteiger partial charge in [-0.3, -0.25) is 9.88 Å². The Morgan fingerprint density at radius 2 is 1.83 bits per heavy atom. The zero-order chi connectivity index (χ0) is 19.9. The number of pyridine rings is 1. The van der Waals surface area contributed by atoms with E-state index in [9.17, 15) is 4.79 Å². The van der Waals surface area contributed by atoms with E-state index in [1.807, 2.05) is 26.5 Å². The molecule has 2 aromatic rings. The molecule has 159 valence electrons. The molecule has 29 heavy (non-hydrogen) atoms. The molecule has 1 aliphatic rings. The van der Waals surface area contributed by atoms with Crippen LogP contribution in [0.15, 0.2) is 42.7 Å². The van der Waals surface area contributed by atoms with Crippen LogP contribution in [0.2, 0.25) is 0 Å². The number of hydrogen-bond donors (Lipinski definition) is 0. The van der Waals surface area contributed by atoms with Crippen molar-refractivity contribution < 1.29 is 24.9 Å². The Morgan fingerprint density at radius 1 is 1.14 bits per heavy atom. The van der Waals surface area contributed by atoms with Gasteiger partial charge in [-0.1, -0.05) is 24.6 Å². The predicted octanol–water partition coefficient (Wildman–Crippen LogP) is 3.02. The van der Waals surface area contributed by atoms with Crippen LogP contribution in [0, 0.1) is 0 Å². The first-order chi connectivity index (χ1) is 13.6. The van der Waals surface area contributed by atoms with Gasteiger partial charge in [-0.2, -0.15) is 0 Å². The third-order valence-corrected chi connectivity index (χ3v) is 5.33. The molecule has 0 spiro atoms. The molecule has 1 aromatic carbocycles. The van der Waals surface area contributed by atoms with Gasteiger partial charge in [0.05, 0.1) is 0 Å². The molecule has 0 amide bonds. The Bertz CT molecular complexity index is 763. The largest absolute Gasteiger partial charge is 0.669 e. The monoisotopic (exact) mass is 573 g/mol. The number of aldehydes is 1. The minimum Gasteiger partial charge on any atom is -0.669 e. The molecule has 2 heterocycles. The van der Waals surface area contributed by atoms with Crippen molar-refractivity contribution >= 4 is 17.7 Å². The van der Waals surface area contributed by atoms with Crippen LogP contribution in [0.25, 0.3) is 5.73 Å². The molecule has 6 nitrogen and oxygen atoms in total. The summed E-state index contributed by atoms with van der Waals surface area (Å²) in [5.74, 6) is 0. The maximum Gasteiger partial charge on any atom is 0.102 e. The Kier molecular flexibility index (Phi) is 9.24. The van der Waals surface area contributed by atoms with E-state index in [0.29, 0.717) is 6.42 Å². The van der Waals surface area contributed by atoms with E-state index >= 15 is 0 Å². The normalized spacial score (nSPS) is 15.5. The molecule has 1 N–H and O–H groups in total. The van der Waals surface area contributed by atoms with Crippen LogP contribution < -0.4 is 9.80 Å². The van der Waals surface area contributed by atoms with Crippen molar-refractivity contribution in [3.8, 4) is 0 Å². The predicted molar refractivity (Wildman–Crippen MR) is 115 cm³/mol. The number of rotatable bonds is 8. The van der Waals surface area contributed by atoms with E-state index in [0.717, 1.165) is 45.4 Å². The van der Waals surface area contributed by atoms with Gasteiger partial charge in [0.2, 0.25) is 0 Å². The second-order valence-corrected chi connectivity index (χ2v) is 7.61. The molecule has 1 fully saturated rings. The molecule has 1 unspecified atom stereocenters. The average molecular weight is 573 g/mol. The minimum atomic E-state index is -0.633. The summed E-state index contributed by atoms with van der Waals surface area (Å²) in [4.78, 5) is 21.9. The standard InChI is InChI=1S/C22H30N5O.Ir/c1-25(2)22-15-18(3-4-19(22)5-6-20(23)17-28)16-26-11-13-27(14-12-26)21-7-9-24-10-8-21;/h3-4,7-10,15,17,20,23H,5-6,11-14,16H2,1-2H3;/q-1;. The number of benzene rings is 1. The van der Waals surface area contributed by atoms with Gasteiger partial charge in [0.25, 0.3) is 0 Å². The summed E-state index contributed by atoms with van der Waals surface area (Å²) in [7, 11) is 4.10. The Labute approximate surface area is 187 Å². The maximum absolute atomic E-state index is 10.7. The summed E-state index contributed by atoms with van der Waals surface area (Å²) >= 11 is 0. The van der Waals surface area contributed by atoms with E-state index in [2.05, 4.69) is 50.0 Å². The fourth-order valence-corrected chi connectivity index (χ4v) is 3.69. The molecule has 1 radical (unpaired) electrons. The second-order valence-electron chi connectivity index (χ2n) is 7.61. The second kappa shape index (κ2) is 11.4. The molecular weight excluding hydrogens is 542 g/mol. The van der Waals surface area contributed by atoms with Gasteiger partial charge in [-0.25, -0.2) is 0 Å². The maximum atomic E-state index is 10.7. The number of anilines is 2. The summed E-state index contributed by atoms with van der Waals surface area (Å²) in [6.07, 6.45) is 5.75.